The minimum atomic E-state index is 0.711. The van der Waals surface area contributed by atoms with Crippen LogP contribution in [0.25, 0.3) is 0 Å². The van der Waals surface area contributed by atoms with Crippen LogP contribution in [-0.4, -0.2) is 23.6 Å². The van der Waals surface area contributed by atoms with E-state index in [0.717, 1.165) is 43.0 Å². The van der Waals surface area contributed by atoms with Crippen molar-refractivity contribution in [3.05, 3.63) is 53.0 Å². The molecule has 4 nitrogen and oxygen atoms in total. The molecule has 0 saturated carbocycles. The van der Waals surface area contributed by atoms with Gasteiger partial charge in [0.2, 0.25) is 5.88 Å². The van der Waals surface area contributed by atoms with Gasteiger partial charge in [-0.05, 0) is 5.56 Å². The lowest BCUT2D eigenvalue weighted by atomic mass is 10.1. The topological polar surface area (TPSA) is 47.0 Å². The van der Waals surface area contributed by atoms with E-state index in [0.29, 0.717) is 5.88 Å². The lowest BCUT2D eigenvalue weighted by molar-refractivity contribution is 0.383. The summed E-state index contributed by atoms with van der Waals surface area (Å²) >= 11 is 0. The molecular formula is C15H17N3O. The summed E-state index contributed by atoms with van der Waals surface area (Å²) in [4.78, 5) is 9.21. The highest BCUT2D eigenvalue weighted by molar-refractivity contribution is 5.34. The largest absolute Gasteiger partial charge is 0.481 e. The molecule has 1 aromatic carbocycles. The van der Waals surface area contributed by atoms with Gasteiger partial charge in [-0.2, -0.15) is 4.98 Å². The van der Waals surface area contributed by atoms with Gasteiger partial charge in [0.05, 0.1) is 12.8 Å². The van der Waals surface area contributed by atoms with Crippen molar-refractivity contribution in [2.24, 2.45) is 0 Å². The fourth-order valence-corrected chi connectivity index (χ4v) is 2.39. The standard InChI is InChI=1S/C15H17N3O/c1-19-15-12-10-16-8-7-13(12)17-14(18-15)9-11-5-3-2-4-6-11/h2-6,16H,7-10H2,1H3. The zero-order chi connectivity index (χ0) is 13.1. The van der Waals surface area contributed by atoms with Gasteiger partial charge >= 0.3 is 0 Å². The third-order valence-electron chi connectivity index (χ3n) is 3.34. The molecule has 0 spiro atoms. The van der Waals surface area contributed by atoms with Crippen LogP contribution < -0.4 is 10.1 Å². The summed E-state index contributed by atoms with van der Waals surface area (Å²) in [6, 6.07) is 10.3. The third-order valence-corrected chi connectivity index (χ3v) is 3.34. The first-order valence-electron chi connectivity index (χ1n) is 6.54. The maximum absolute atomic E-state index is 5.40. The van der Waals surface area contributed by atoms with Crippen LogP contribution in [-0.2, 0) is 19.4 Å². The van der Waals surface area contributed by atoms with E-state index in [1.165, 1.54) is 5.56 Å². The summed E-state index contributed by atoms with van der Waals surface area (Å²) in [6.07, 6.45) is 1.69. The zero-order valence-corrected chi connectivity index (χ0v) is 11.0. The maximum atomic E-state index is 5.40. The molecule has 3 rings (SSSR count). The Balaban J connectivity index is 1.94. The molecule has 1 aliphatic heterocycles. The second-order valence-electron chi connectivity index (χ2n) is 4.66. The summed E-state index contributed by atoms with van der Waals surface area (Å²) in [5.74, 6) is 1.55. The summed E-state index contributed by atoms with van der Waals surface area (Å²) in [5.41, 5.74) is 3.44. The second-order valence-corrected chi connectivity index (χ2v) is 4.66. The van der Waals surface area contributed by atoms with Crippen molar-refractivity contribution in [2.75, 3.05) is 13.7 Å². The molecule has 0 atom stereocenters. The van der Waals surface area contributed by atoms with Crippen LogP contribution in [0.4, 0.5) is 0 Å². The lowest BCUT2D eigenvalue weighted by Crippen LogP contribution is -2.26. The molecule has 1 aromatic heterocycles. The van der Waals surface area contributed by atoms with E-state index >= 15 is 0 Å². The van der Waals surface area contributed by atoms with E-state index < -0.39 is 0 Å². The Morgan fingerprint density at radius 2 is 2.05 bits per heavy atom. The van der Waals surface area contributed by atoms with Crippen LogP contribution in [0.5, 0.6) is 5.88 Å². The van der Waals surface area contributed by atoms with Gasteiger partial charge in [0.15, 0.2) is 0 Å². The summed E-state index contributed by atoms with van der Waals surface area (Å²) < 4.78 is 5.40. The highest BCUT2D eigenvalue weighted by atomic mass is 16.5. The molecule has 1 N–H and O–H groups in total. The number of nitrogens with zero attached hydrogens (tertiary/aromatic N) is 2. The first kappa shape index (κ1) is 12.1. The SMILES string of the molecule is COc1nc(Cc2ccccc2)nc2c1CNCC2. The summed E-state index contributed by atoms with van der Waals surface area (Å²) in [5, 5.41) is 3.32. The fourth-order valence-electron chi connectivity index (χ4n) is 2.39. The van der Waals surface area contributed by atoms with E-state index in [2.05, 4.69) is 27.4 Å². The van der Waals surface area contributed by atoms with Gasteiger partial charge in [0.1, 0.15) is 5.82 Å². The van der Waals surface area contributed by atoms with E-state index in [1.54, 1.807) is 7.11 Å². The number of fused-ring (bicyclic) bond motifs is 1. The molecule has 0 bridgehead atoms. The predicted octanol–water partition coefficient (Wildman–Crippen LogP) is 1.72. The van der Waals surface area contributed by atoms with Crippen LogP contribution in [0, 0.1) is 0 Å². The van der Waals surface area contributed by atoms with E-state index in [1.807, 2.05) is 18.2 Å². The van der Waals surface area contributed by atoms with Crippen LogP contribution in [0.15, 0.2) is 30.3 Å². The van der Waals surface area contributed by atoms with Gasteiger partial charge in [-0.15, -0.1) is 0 Å². The van der Waals surface area contributed by atoms with Gasteiger partial charge < -0.3 is 10.1 Å². The number of hydrogen-bond acceptors (Lipinski definition) is 4. The average molecular weight is 255 g/mol. The first-order valence-corrected chi connectivity index (χ1v) is 6.54. The normalized spacial score (nSPS) is 13.9. The number of nitrogens with one attached hydrogen (secondary N) is 1. The second kappa shape index (κ2) is 5.36. The van der Waals surface area contributed by atoms with Crippen molar-refractivity contribution in [3.8, 4) is 5.88 Å². The maximum Gasteiger partial charge on any atom is 0.221 e. The minimum Gasteiger partial charge on any atom is -0.481 e. The molecule has 98 valence electrons. The van der Waals surface area contributed by atoms with Crippen LogP contribution in [0.3, 0.4) is 0 Å². The molecule has 0 aliphatic carbocycles. The summed E-state index contributed by atoms with van der Waals surface area (Å²) in [7, 11) is 1.67. The Morgan fingerprint density at radius 3 is 2.84 bits per heavy atom. The van der Waals surface area contributed by atoms with Crippen LogP contribution >= 0.6 is 0 Å². The number of rotatable bonds is 3. The van der Waals surface area contributed by atoms with Crippen LogP contribution in [0.1, 0.15) is 22.6 Å². The number of methoxy groups -OCH3 is 1. The monoisotopic (exact) mass is 255 g/mol. The minimum absolute atomic E-state index is 0.711. The number of aromatic nitrogens is 2. The third kappa shape index (κ3) is 2.58. The number of ether oxygens (including phenoxy) is 1. The van der Waals surface area contributed by atoms with Crippen molar-refractivity contribution in [1.29, 1.82) is 0 Å². The molecular weight excluding hydrogens is 238 g/mol. The van der Waals surface area contributed by atoms with Gasteiger partial charge in [-0.1, -0.05) is 30.3 Å². The van der Waals surface area contributed by atoms with Gasteiger partial charge in [-0.25, -0.2) is 4.98 Å². The van der Waals surface area contributed by atoms with Crippen molar-refractivity contribution in [2.45, 2.75) is 19.4 Å². The van der Waals surface area contributed by atoms with E-state index in [4.69, 9.17) is 4.74 Å². The Bertz CT molecular complexity index is 552. The van der Waals surface area contributed by atoms with Gasteiger partial charge in [0.25, 0.3) is 0 Å². The zero-order valence-electron chi connectivity index (χ0n) is 11.0. The quantitative estimate of drug-likeness (QED) is 0.907. The first-order chi connectivity index (χ1) is 9.36. The fraction of sp³-hybridized carbons (Fsp3) is 0.333. The molecule has 0 amide bonds. The molecule has 0 saturated heterocycles. The Morgan fingerprint density at radius 1 is 1.21 bits per heavy atom. The average Bonchev–Trinajstić information content (AvgIpc) is 2.47. The molecule has 0 unspecified atom stereocenters. The van der Waals surface area contributed by atoms with Gasteiger partial charge in [0, 0.05) is 31.5 Å². The number of benzene rings is 1. The predicted molar refractivity (Wildman–Crippen MR) is 73.2 cm³/mol. The lowest BCUT2D eigenvalue weighted by Gasteiger charge is -2.19. The molecule has 2 aromatic rings. The van der Waals surface area contributed by atoms with Crippen molar-refractivity contribution < 1.29 is 4.74 Å². The van der Waals surface area contributed by atoms with Crippen molar-refractivity contribution in [3.63, 3.8) is 0 Å². The molecule has 1 aliphatic rings. The Hall–Kier alpha value is -1.94. The highest BCUT2D eigenvalue weighted by Crippen LogP contribution is 2.22. The molecule has 0 radical (unpaired) electrons. The van der Waals surface area contributed by atoms with Gasteiger partial charge in [-0.3, -0.25) is 0 Å². The molecule has 4 heteroatoms. The Kier molecular flexibility index (Phi) is 3.42. The van der Waals surface area contributed by atoms with E-state index in [-0.39, 0.29) is 0 Å². The van der Waals surface area contributed by atoms with Crippen molar-refractivity contribution in [1.82, 2.24) is 15.3 Å². The van der Waals surface area contributed by atoms with Crippen molar-refractivity contribution >= 4 is 0 Å². The molecule has 19 heavy (non-hydrogen) atoms. The molecule has 2 heterocycles. The number of hydrogen-bond donors (Lipinski definition) is 1. The highest BCUT2D eigenvalue weighted by Gasteiger charge is 2.18. The Labute approximate surface area is 112 Å². The summed E-state index contributed by atoms with van der Waals surface area (Å²) in [6.45, 7) is 1.77. The van der Waals surface area contributed by atoms with E-state index in [9.17, 15) is 0 Å². The van der Waals surface area contributed by atoms with Crippen LogP contribution in [0.2, 0.25) is 0 Å². The molecule has 0 fully saturated rings. The smallest absolute Gasteiger partial charge is 0.221 e.